The number of amides is 1. The fourth-order valence-electron chi connectivity index (χ4n) is 3.16. The summed E-state index contributed by atoms with van der Waals surface area (Å²) in [6.45, 7) is 5.64. The van der Waals surface area contributed by atoms with Gasteiger partial charge in [0.15, 0.2) is 6.61 Å². The summed E-state index contributed by atoms with van der Waals surface area (Å²) in [5.74, 6) is -0.977. The maximum atomic E-state index is 12.4. The Morgan fingerprint density at radius 1 is 1.24 bits per heavy atom. The molecule has 1 fully saturated rings. The van der Waals surface area contributed by atoms with Crippen molar-refractivity contribution in [1.29, 1.82) is 5.26 Å². The Bertz CT molecular complexity index is 691. The van der Waals surface area contributed by atoms with Gasteiger partial charge in [0.25, 0.3) is 5.91 Å². The Morgan fingerprint density at radius 3 is 2.40 bits per heavy atom. The third-order valence-corrected chi connectivity index (χ3v) is 4.54. The molecule has 0 aromatic heterocycles. The molecular formula is C20H24N2O3. The van der Waals surface area contributed by atoms with Crippen LogP contribution in [0.15, 0.2) is 29.8 Å². The van der Waals surface area contributed by atoms with E-state index in [1.54, 1.807) is 4.90 Å². The van der Waals surface area contributed by atoms with Crippen LogP contribution in [0.2, 0.25) is 0 Å². The second-order valence-electron chi connectivity index (χ2n) is 6.59. The number of nitriles is 1. The van der Waals surface area contributed by atoms with E-state index >= 15 is 0 Å². The van der Waals surface area contributed by atoms with Crippen molar-refractivity contribution < 1.29 is 14.3 Å². The van der Waals surface area contributed by atoms with Crippen LogP contribution in [-0.4, -0.2) is 35.5 Å². The van der Waals surface area contributed by atoms with E-state index in [9.17, 15) is 14.9 Å². The number of hydrogen-bond donors (Lipinski definition) is 0. The highest BCUT2D eigenvalue weighted by Gasteiger charge is 2.29. The van der Waals surface area contributed by atoms with E-state index in [0.29, 0.717) is 0 Å². The van der Waals surface area contributed by atoms with E-state index in [4.69, 9.17) is 4.74 Å². The van der Waals surface area contributed by atoms with E-state index in [1.165, 1.54) is 6.08 Å². The smallest absolute Gasteiger partial charge is 0.349 e. The molecule has 2 atom stereocenters. The predicted molar refractivity (Wildman–Crippen MR) is 95.3 cm³/mol. The van der Waals surface area contributed by atoms with Crippen LogP contribution in [-0.2, 0) is 14.3 Å². The molecule has 1 saturated heterocycles. The molecule has 1 aliphatic rings. The minimum absolute atomic E-state index is 0.114. The first-order valence-corrected chi connectivity index (χ1v) is 8.59. The fourth-order valence-corrected chi connectivity index (χ4v) is 3.16. The quantitative estimate of drug-likeness (QED) is 0.479. The van der Waals surface area contributed by atoms with Gasteiger partial charge in [-0.05, 0) is 51.7 Å². The molecule has 25 heavy (non-hydrogen) atoms. The van der Waals surface area contributed by atoms with Gasteiger partial charge in [-0.3, -0.25) is 4.79 Å². The van der Waals surface area contributed by atoms with Gasteiger partial charge < -0.3 is 9.64 Å². The van der Waals surface area contributed by atoms with E-state index in [1.807, 2.05) is 51.1 Å². The van der Waals surface area contributed by atoms with Crippen molar-refractivity contribution in [3.8, 4) is 6.07 Å². The molecule has 1 aliphatic heterocycles. The number of likely N-dealkylation sites (tertiary alicyclic amines) is 1. The summed E-state index contributed by atoms with van der Waals surface area (Å²) in [7, 11) is 0. The molecule has 0 aliphatic carbocycles. The average Bonchev–Trinajstić information content (AvgIpc) is 2.59. The lowest BCUT2D eigenvalue weighted by Crippen LogP contribution is -2.49. The molecule has 0 spiro atoms. The summed E-state index contributed by atoms with van der Waals surface area (Å²) < 4.78 is 5.08. The molecule has 5 heteroatoms. The molecule has 0 unspecified atom stereocenters. The van der Waals surface area contributed by atoms with E-state index < -0.39 is 5.97 Å². The Balaban J connectivity index is 1.99. The topological polar surface area (TPSA) is 70.4 Å². The number of benzene rings is 1. The maximum absolute atomic E-state index is 12.4. The summed E-state index contributed by atoms with van der Waals surface area (Å²) in [6.07, 6.45) is 4.49. The zero-order valence-corrected chi connectivity index (χ0v) is 15.0. The molecule has 132 valence electrons. The Morgan fingerprint density at radius 2 is 1.84 bits per heavy atom. The first-order chi connectivity index (χ1) is 11.9. The number of rotatable bonds is 4. The second kappa shape index (κ2) is 8.48. The fraction of sp³-hybridized carbons (Fsp3) is 0.450. The van der Waals surface area contributed by atoms with Crippen LogP contribution in [0.4, 0.5) is 0 Å². The van der Waals surface area contributed by atoms with E-state index in [0.717, 1.165) is 30.4 Å². The van der Waals surface area contributed by atoms with Crippen LogP contribution in [0.25, 0.3) is 6.08 Å². The van der Waals surface area contributed by atoms with Crippen molar-refractivity contribution >= 4 is 18.0 Å². The van der Waals surface area contributed by atoms with Crippen LogP contribution in [0.5, 0.6) is 0 Å². The average molecular weight is 340 g/mol. The molecule has 1 amide bonds. The lowest BCUT2D eigenvalue weighted by molar-refractivity contribution is -0.151. The van der Waals surface area contributed by atoms with Crippen molar-refractivity contribution in [2.45, 2.75) is 52.1 Å². The summed E-state index contributed by atoms with van der Waals surface area (Å²) in [5.41, 5.74) is 1.72. The zero-order chi connectivity index (χ0) is 18.4. The maximum Gasteiger partial charge on any atom is 0.349 e. The highest BCUT2D eigenvalue weighted by atomic mass is 16.5. The number of aryl methyl sites for hydroxylation is 1. The summed E-state index contributed by atoms with van der Waals surface area (Å²) >= 11 is 0. The van der Waals surface area contributed by atoms with Gasteiger partial charge in [-0.2, -0.15) is 5.26 Å². The van der Waals surface area contributed by atoms with Crippen LogP contribution < -0.4 is 0 Å². The monoisotopic (exact) mass is 340 g/mol. The first-order valence-electron chi connectivity index (χ1n) is 8.59. The zero-order valence-electron chi connectivity index (χ0n) is 15.0. The molecule has 0 bridgehead atoms. The number of carbonyl (C=O) groups excluding carboxylic acids is 2. The van der Waals surface area contributed by atoms with Crippen molar-refractivity contribution in [2.24, 2.45) is 0 Å². The number of carbonyl (C=O) groups is 2. The summed E-state index contributed by atoms with van der Waals surface area (Å²) in [4.78, 5) is 26.3. The van der Waals surface area contributed by atoms with E-state index in [-0.39, 0.29) is 30.2 Å². The number of esters is 1. The third-order valence-electron chi connectivity index (χ3n) is 4.54. The SMILES string of the molecule is Cc1ccc(/C=C(\C#N)C(=O)OCC(=O)N2[C@H](C)CCC[C@H]2C)cc1. The lowest BCUT2D eigenvalue weighted by atomic mass is 9.97. The number of nitrogens with zero attached hydrogens (tertiary/aromatic N) is 2. The molecule has 0 N–H and O–H groups in total. The molecule has 1 aromatic rings. The highest BCUT2D eigenvalue weighted by molar-refractivity contribution is 5.98. The molecule has 2 rings (SSSR count). The van der Waals surface area contributed by atoms with Gasteiger partial charge in [-0.1, -0.05) is 29.8 Å². The van der Waals surface area contributed by atoms with Crippen LogP contribution in [0.3, 0.4) is 0 Å². The number of hydrogen-bond acceptors (Lipinski definition) is 4. The molecule has 0 saturated carbocycles. The summed E-state index contributed by atoms with van der Waals surface area (Å²) in [6, 6.07) is 9.58. The number of piperidine rings is 1. The van der Waals surface area contributed by atoms with E-state index in [2.05, 4.69) is 0 Å². The predicted octanol–water partition coefficient (Wildman–Crippen LogP) is 3.23. The molecule has 1 heterocycles. The Labute approximate surface area is 148 Å². The van der Waals surface area contributed by atoms with Crippen molar-refractivity contribution in [1.82, 2.24) is 4.90 Å². The molecule has 5 nitrogen and oxygen atoms in total. The van der Waals surface area contributed by atoms with Gasteiger partial charge in [0.05, 0.1) is 0 Å². The second-order valence-corrected chi connectivity index (χ2v) is 6.59. The van der Waals surface area contributed by atoms with Crippen molar-refractivity contribution in [3.63, 3.8) is 0 Å². The summed E-state index contributed by atoms with van der Waals surface area (Å²) in [5, 5.41) is 9.20. The number of ether oxygens (including phenoxy) is 1. The standard InChI is InChI=1S/C20H24N2O3/c1-14-7-9-17(10-8-14)11-18(12-21)20(24)25-13-19(23)22-15(2)5-4-6-16(22)3/h7-11,15-16H,4-6,13H2,1-3H3/b18-11+/t15-,16-/m1/s1. The van der Waals surface area contributed by atoms with Crippen molar-refractivity contribution in [2.75, 3.05) is 6.61 Å². The van der Waals surface area contributed by atoms with Crippen LogP contribution >= 0.6 is 0 Å². The minimum Gasteiger partial charge on any atom is -0.451 e. The van der Waals surface area contributed by atoms with Gasteiger partial charge in [0, 0.05) is 12.1 Å². The Kier molecular flexibility index (Phi) is 6.35. The van der Waals surface area contributed by atoms with Gasteiger partial charge in [-0.15, -0.1) is 0 Å². The van der Waals surface area contributed by atoms with Gasteiger partial charge >= 0.3 is 5.97 Å². The van der Waals surface area contributed by atoms with Gasteiger partial charge in [-0.25, -0.2) is 4.79 Å². The Hall–Kier alpha value is -2.61. The third kappa shape index (κ3) is 4.93. The highest BCUT2D eigenvalue weighted by Crippen LogP contribution is 2.22. The van der Waals surface area contributed by atoms with Gasteiger partial charge in [0.1, 0.15) is 11.6 Å². The molecule has 1 aromatic carbocycles. The minimum atomic E-state index is -0.770. The van der Waals surface area contributed by atoms with Crippen molar-refractivity contribution in [3.05, 3.63) is 41.0 Å². The van der Waals surface area contributed by atoms with Crippen LogP contribution in [0, 0.1) is 18.3 Å². The molecule has 0 radical (unpaired) electrons. The normalized spacial score (nSPS) is 20.7. The first kappa shape index (κ1) is 18.7. The lowest BCUT2D eigenvalue weighted by Gasteiger charge is -2.38. The van der Waals surface area contributed by atoms with Gasteiger partial charge in [0.2, 0.25) is 0 Å². The largest absolute Gasteiger partial charge is 0.451 e. The molecular weight excluding hydrogens is 316 g/mol. The van der Waals surface area contributed by atoms with Crippen LogP contribution in [0.1, 0.15) is 44.2 Å².